The summed E-state index contributed by atoms with van der Waals surface area (Å²) in [6, 6.07) is 14.9. The molecule has 0 aliphatic carbocycles. The summed E-state index contributed by atoms with van der Waals surface area (Å²) in [6.07, 6.45) is -0.864. The Kier molecular flexibility index (Phi) is 4.89. The molecule has 4 rings (SSSR count). The highest BCUT2D eigenvalue weighted by Gasteiger charge is 2.42. The Morgan fingerprint density at radius 1 is 1.07 bits per heavy atom. The van der Waals surface area contributed by atoms with Gasteiger partial charge in [0.25, 0.3) is 0 Å². The maximum absolute atomic E-state index is 12.7. The fraction of sp³-hybridized carbons (Fsp3) is 0.190. The van der Waals surface area contributed by atoms with Crippen LogP contribution in [0.25, 0.3) is 22.2 Å². The lowest BCUT2D eigenvalue weighted by atomic mass is 9.99. The third kappa shape index (κ3) is 3.64. The molecule has 150 valence electrons. The smallest absolute Gasteiger partial charge is 0.471 e. The molecule has 0 spiro atoms. The van der Waals surface area contributed by atoms with E-state index in [0.29, 0.717) is 12.1 Å². The summed E-state index contributed by atoms with van der Waals surface area (Å²) >= 11 is 0. The predicted molar refractivity (Wildman–Crippen MR) is 103 cm³/mol. The molecule has 2 aromatic carbocycles. The van der Waals surface area contributed by atoms with Crippen molar-refractivity contribution in [3.05, 3.63) is 71.6 Å². The first-order valence-corrected chi connectivity index (χ1v) is 9.09. The van der Waals surface area contributed by atoms with E-state index in [0.717, 1.165) is 38.1 Å². The topological polar surface area (TPSA) is 64.9 Å². The number of carbonyl (C=O) groups excluding carboxylic acids is 1. The molecule has 1 aromatic heterocycles. The number of fused-ring (bicyclic) bond motifs is 1. The monoisotopic (exact) mass is 401 g/mol. The number of benzene rings is 2. The van der Waals surface area contributed by atoms with E-state index in [9.17, 15) is 23.2 Å². The zero-order valence-electron chi connectivity index (χ0n) is 15.3. The van der Waals surface area contributed by atoms with Crippen molar-refractivity contribution < 1.29 is 23.4 Å². The molecule has 2 heterocycles. The van der Waals surface area contributed by atoms with Gasteiger partial charge in [0, 0.05) is 48.1 Å². The first-order valence-electron chi connectivity index (χ1n) is 9.09. The number of para-hydroxylation sites is 1. The number of nitrogens with zero attached hydrogens (tertiary/aromatic N) is 2. The lowest BCUT2D eigenvalue weighted by molar-refractivity contribution is -0.497. The molecule has 0 unspecified atom stereocenters. The van der Waals surface area contributed by atoms with Crippen LogP contribution in [-0.4, -0.2) is 34.6 Å². The number of hydrogen-bond donors (Lipinski definition) is 1. The van der Waals surface area contributed by atoms with Gasteiger partial charge in [-0.25, -0.2) is 0 Å². The van der Waals surface area contributed by atoms with Crippen LogP contribution in [0.1, 0.15) is 12.0 Å². The number of nitrogens with two attached hydrogens (primary N) is 1. The molecule has 0 saturated heterocycles. The molecule has 0 bridgehead atoms. The van der Waals surface area contributed by atoms with Crippen LogP contribution < -0.4 is 5.48 Å². The summed E-state index contributed by atoms with van der Waals surface area (Å²) in [6.45, 7) is -0.0427. The lowest BCUT2D eigenvalue weighted by Crippen LogP contribution is -2.70. The first-order chi connectivity index (χ1) is 13.9. The van der Waals surface area contributed by atoms with Gasteiger partial charge in [0.05, 0.1) is 5.52 Å². The molecular formula is C21H18F3N3O2. The van der Waals surface area contributed by atoms with Gasteiger partial charge in [-0.1, -0.05) is 24.3 Å². The summed E-state index contributed by atoms with van der Waals surface area (Å²) in [5.41, 5.74) is 5.04. The average Bonchev–Trinajstić information content (AvgIpc) is 3.12. The highest BCUT2D eigenvalue weighted by atomic mass is 19.4. The van der Waals surface area contributed by atoms with E-state index in [2.05, 4.69) is 0 Å². The van der Waals surface area contributed by atoms with Gasteiger partial charge >= 0.3 is 12.1 Å². The lowest BCUT2D eigenvalue weighted by Gasteiger charge is -2.27. The summed E-state index contributed by atoms with van der Waals surface area (Å²) in [5.74, 6) is -1.80. The fourth-order valence-electron chi connectivity index (χ4n) is 3.64. The Morgan fingerprint density at radius 2 is 1.79 bits per heavy atom. The number of halogens is 3. The molecule has 1 aliphatic heterocycles. The van der Waals surface area contributed by atoms with E-state index in [1.807, 2.05) is 47.2 Å². The van der Waals surface area contributed by atoms with E-state index in [1.165, 1.54) is 0 Å². The largest absolute Gasteiger partial charge is 0.630 e. The van der Waals surface area contributed by atoms with Crippen LogP contribution in [0.15, 0.2) is 60.8 Å². The van der Waals surface area contributed by atoms with Gasteiger partial charge in [-0.3, -0.25) is 4.79 Å². The van der Waals surface area contributed by atoms with Crippen molar-refractivity contribution in [2.24, 2.45) is 0 Å². The van der Waals surface area contributed by atoms with E-state index in [1.54, 1.807) is 18.2 Å². The number of alkyl halides is 3. The van der Waals surface area contributed by atoms with Crippen LogP contribution in [0.4, 0.5) is 18.9 Å². The van der Waals surface area contributed by atoms with Gasteiger partial charge in [0.1, 0.15) is 5.69 Å². The van der Waals surface area contributed by atoms with Gasteiger partial charge < -0.3 is 20.2 Å². The Labute approximate surface area is 164 Å². The Balaban J connectivity index is 1.70. The molecule has 8 heteroatoms. The molecule has 0 atom stereocenters. The van der Waals surface area contributed by atoms with Crippen molar-refractivity contribution in [1.82, 2.24) is 9.47 Å². The Morgan fingerprint density at radius 3 is 2.41 bits per heavy atom. The molecule has 0 radical (unpaired) electrons. The van der Waals surface area contributed by atoms with Crippen LogP contribution in [-0.2, 0) is 4.79 Å². The molecule has 1 amide bonds. The highest BCUT2D eigenvalue weighted by Crippen LogP contribution is 2.33. The highest BCUT2D eigenvalue weighted by molar-refractivity contribution is 5.95. The van der Waals surface area contributed by atoms with Crippen LogP contribution in [0.3, 0.4) is 0 Å². The third-order valence-electron chi connectivity index (χ3n) is 5.10. The molecule has 29 heavy (non-hydrogen) atoms. The van der Waals surface area contributed by atoms with Gasteiger partial charge in [-0.15, -0.1) is 0 Å². The minimum atomic E-state index is -4.85. The summed E-state index contributed by atoms with van der Waals surface area (Å²) < 4.78 is 40.0. The summed E-state index contributed by atoms with van der Waals surface area (Å²) in [5, 5.41) is 11.9. The molecule has 0 fully saturated rings. The SMILES string of the molecule is O=C(N1CC=C(c2cn(-c3ccc([NH2+][O-])cc3)c3ccccc23)CC1)C(F)(F)F. The van der Waals surface area contributed by atoms with E-state index >= 15 is 0 Å². The second-order valence-corrected chi connectivity index (χ2v) is 6.87. The summed E-state index contributed by atoms with van der Waals surface area (Å²) in [7, 11) is 0. The molecule has 2 N–H and O–H groups in total. The number of carbonyl (C=O) groups is 1. The molecular weight excluding hydrogens is 383 g/mol. The fourth-order valence-corrected chi connectivity index (χ4v) is 3.64. The minimum absolute atomic E-state index is 0.0255. The normalized spacial score (nSPS) is 14.9. The Hall–Kier alpha value is -3.10. The standard InChI is InChI=1S/C21H18F3N3O2/c22-21(23,24)20(28)26-11-9-14(10-12-26)18-13-27(19-4-2-1-3-17(18)19)16-7-5-15(25-29)6-8-16/h1-9,13H,10-12,25H2. The van der Waals surface area contributed by atoms with Gasteiger partial charge in [0.15, 0.2) is 0 Å². The maximum atomic E-state index is 12.7. The van der Waals surface area contributed by atoms with Crippen molar-refractivity contribution in [3.63, 3.8) is 0 Å². The number of hydrogen-bond acceptors (Lipinski definition) is 2. The van der Waals surface area contributed by atoms with E-state index < -0.39 is 12.1 Å². The van der Waals surface area contributed by atoms with E-state index in [-0.39, 0.29) is 13.1 Å². The number of aromatic nitrogens is 1. The quantitative estimate of drug-likeness (QED) is 0.539. The second kappa shape index (κ2) is 7.38. The molecule has 1 aliphatic rings. The maximum Gasteiger partial charge on any atom is 0.471 e. The van der Waals surface area contributed by atoms with Gasteiger partial charge in [-0.05, 0) is 30.2 Å². The van der Waals surface area contributed by atoms with Crippen LogP contribution in [0.5, 0.6) is 0 Å². The zero-order chi connectivity index (χ0) is 20.6. The molecule has 0 saturated carbocycles. The number of quaternary nitrogens is 1. The van der Waals surface area contributed by atoms with Crippen molar-refractivity contribution in [2.45, 2.75) is 12.6 Å². The summed E-state index contributed by atoms with van der Waals surface area (Å²) in [4.78, 5) is 12.3. The van der Waals surface area contributed by atoms with Crippen molar-refractivity contribution in [3.8, 4) is 5.69 Å². The third-order valence-corrected chi connectivity index (χ3v) is 5.10. The molecule has 5 nitrogen and oxygen atoms in total. The van der Waals surface area contributed by atoms with Gasteiger partial charge in [-0.2, -0.15) is 13.2 Å². The Bertz CT molecular complexity index is 1080. The second-order valence-electron chi connectivity index (χ2n) is 6.87. The van der Waals surface area contributed by atoms with Crippen molar-refractivity contribution in [2.75, 3.05) is 13.1 Å². The molecule has 3 aromatic rings. The number of amides is 1. The van der Waals surface area contributed by atoms with Crippen LogP contribution in [0, 0.1) is 5.21 Å². The van der Waals surface area contributed by atoms with E-state index in [4.69, 9.17) is 0 Å². The first kappa shape index (κ1) is 19.2. The zero-order valence-corrected chi connectivity index (χ0v) is 15.3. The van der Waals surface area contributed by atoms with Crippen molar-refractivity contribution in [1.29, 1.82) is 0 Å². The van der Waals surface area contributed by atoms with Crippen LogP contribution >= 0.6 is 0 Å². The van der Waals surface area contributed by atoms with Crippen molar-refractivity contribution >= 4 is 28.1 Å². The number of rotatable bonds is 3. The van der Waals surface area contributed by atoms with Crippen LogP contribution in [0.2, 0.25) is 0 Å². The minimum Gasteiger partial charge on any atom is -0.630 e. The average molecular weight is 401 g/mol. The van der Waals surface area contributed by atoms with Gasteiger partial charge in [0.2, 0.25) is 0 Å². The predicted octanol–water partition coefficient (Wildman–Crippen LogP) is 3.50.